The Morgan fingerprint density at radius 1 is 1.35 bits per heavy atom. The number of primary sulfonamides is 1. The van der Waals surface area contributed by atoms with Gasteiger partial charge in [-0.25, -0.2) is 13.6 Å². The Labute approximate surface area is 101 Å². The van der Waals surface area contributed by atoms with Gasteiger partial charge in [0.05, 0.1) is 4.90 Å². The Morgan fingerprint density at radius 2 is 1.88 bits per heavy atom. The summed E-state index contributed by atoms with van der Waals surface area (Å²) in [4.78, 5) is 11.1. The zero-order valence-electron chi connectivity index (χ0n) is 9.71. The minimum Gasteiger partial charge on any atom is -0.458 e. The van der Waals surface area contributed by atoms with Crippen molar-refractivity contribution < 1.29 is 17.9 Å². The zero-order chi connectivity index (χ0) is 13.1. The van der Waals surface area contributed by atoms with Gasteiger partial charge in [-0.15, -0.1) is 0 Å². The quantitative estimate of drug-likeness (QED) is 0.825. The van der Waals surface area contributed by atoms with Crippen molar-refractivity contribution in [2.45, 2.75) is 31.3 Å². The van der Waals surface area contributed by atoms with Crippen LogP contribution in [0.5, 0.6) is 0 Å². The monoisotopic (exact) mass is 257 g/mol. The van der Waals surface area contributed by atoms with Crippen LogP contribution in [0.1, 0.15) is 31.9 Å². The predicted octanol–water partition coefficient (Wildman–Crippen LogP) is 1.35. The topological polar surface area (TPSA) is 86.5 Å². The number of hydrogen-bond donors (Lipinski definition) is 1. The molecule has 0 aliphatic rings. The van der Waals surface area contributed by atoms with Crippen molar-refractivity contribution in [3.05, 3.63) is 29.8 Å². The van der Waals surface area contributed by atoms with Crippen molar-refractivity contribution in [2.24, 2.45) is 5.14 Å². The second-order valence-electron chi connectivity index (χ2n) is 3.60. The highest BCUT2D eigenvalue weighted by Crippen LogP contribution is 2.19. The van der Waals surface area contributed by atoms with E-state index in [-0.39, 0.29) is 10.9 Å². The van der Waals surface area contributed by atoms with Gasteiger partial charge < -0.3 is 4.74 Å². The molecule has 0 spiro atoms. The summed E-state index contributed by atoms with van der Waals surface area (Å²) in [6, 6.07) is 5.93. The van der Waals surface area contributed by atoms with Crippen LogP contribution in [0.25, 0.3) is 0 Å². The molecule has 2 N–H and O–H groups in total. The van der Waals surface area contributed by atoms with Crippen LogP contribution in [0.15, 0.2) is 29.2 Å². The van der Waals surface area contributed by atoms with E-state index < -0.39 is 16.1 Å². The second-order valence-corrected chi connectivity index (χ2v) is 5.16. The summed E-state index contributed by atoms with van der Waals surface area (Å²) in [5.74, 6) is -0.298. The maximum atomic E-state index is 11.1. The van der Waals surface area contributed by atoms with Crippen LogP contribution in [-0.2, 0) is 19.6 Å². The lowest BCUT2D eigenvalue weighted by atomic mass is 10.1. The van der Waals surface area contributed by atoms with Crippen molar-refractivity contribution in [3.8, 4) is 0 Å². The van der Waals surface area contributed by atoms with Crippen molar-refractivity contribution in [1.82, 2.24) is 0 Å². The van der Waals surface area contributed by atoms with Crippen LogP contribution >= 0.6 is 0 Å². The molecule has 0 amide bonds. The third-order valence-corrected chi connectivity index (χ3v) is 3.20. The largest absolute Gasteiger partial charge is 0.458 e. The van der Waals surface area contributed by atoms with Crippen molar-refractivity contribution in [1.29, 1.82) is 0 Å². The SMILES string of the molecule is CCC(=O)OC(C)c1ccc(S(N)(=O)=O)cc1. The molecule has 0 saturated carbocycles. The van der Waals surface area contributed by atoms with Crippen molar-refractivity contribution in [2.75, 3.05) is 0 Å². The summed E-state index contributed by atoms with van der Waals surface area (Å²) in [5.41, 5.74) is 0.721. The molecular formula is C11H15NO4S. The maximum absolute atomic E-state index is 11.1. The molecule has 0 bridgehead atoms. The van der Waals surface area contributed by atoms with Gasteiger partial charge in [-0.3, -0.25) is 4.79 Å². The summed E-state index contributed by atoms with van der Waals surface area (Å²) >= 11 is 0. The van der Waals surface area contributed by atoms with E-state index in [4.69, 9.17) is 9.88 Å². The molecule has 1 rings (SSSR count). The molecule has 17 heavy (non-hydrogen) atoms. The molecule has 0 heterocycles. The predicted molar refractivity (Wildman–Crippen MR) is 62.6 cm³/mol. The first-order valence-electron chi connectivity index (χ1n) is 5.17. The first-order chi connectivity index (χ1) is 7.84. The lowest BCUT2D eigenvalue weighted by molar-refractivity contribution is -0.148. The summed E-state index contributed by atoms with van der Waals surface area (Å²) in [6.45, 7) is 3.43. The number of carbonyl (C=O) groups excluding carboxylic acids is 1. The van der Waals surface area contributed by atoms with E-state index in [9.17, 15) is 13.2 Å². The Kier molecular flexibility index (Phi) is 4.25. The van der Waals surface area contributed by atoms with Crippen LogP contribution in [0.2, 0.25) is 0 Å². The Bertz CT molecular complexity index is 493. The molecule has 0 aliphatic heterocycles. The summed E-state index contributed by atoms with van der Waals surface area (Å²) in [5, 5.41) is 4.97. The number of benzene rings is 1. The zero-order valence-corrected chi connectivity index (χ0v) is 10.5. The number of sulfonamides is 1. The van der Waals surface area contributed by atoms with Crippen molar-refractivity contribution in [3.63, 3.8) is 0 Å². The van der Waals surface area contributed by atoms with E-state index in [0.717, 1.165) is 5.56 Å². The molecule has 94 valence electrons. The van der Waals surface area contributed by atoms with Gasteiger partial charge in [0.2, 0.25) is 10.0 Å². The third-order valence-electron chi connectivity index (χ3n) is 2.27. The lowest BCUT2D eigenvalue weighted by Crippen LogP contribution is -2.12. The van der Waals surface area contributed by atoms with E-state index in [2.05, 4.69) is 0 Å². The number of esters is 1. The van der Waals surface area contributed by atoms with Crippen LogP contribution in [0.3, 0.4) is 0 Å². The minimum absolute atomic E-state index is 0.0373. The number of nitrogens with two attached hydrogens (primary N) is 1. The maximum Gasteiger partial charge on any atom is 0.306 e. The fraction of sp³-hybridized carbons (Fsp3) is 0.364. The summed E-state index contributed by atoms with van der Waals surface area (Å²) in [6.07, 6.45) is -0.100. The third kappa shape index (κ3) is 3.83. The van der Waals surface area contributed by atoms with E-state index in [1.54, 1.807) is 26.0 Å². The fourth-order valence-electron chi connectivity index (χ4n) is 1.28. The highest BCUT2D eigenvalue weighted by molar-refractivity contribution is 7.89. The average molecular weight is 257 g/mol. The summed E-state index contributed by atoms with van der Waals surface area (Å²) < 4.78 is 27.2. The highest BCUT2D eigenvalue weighted by Gasteiger charge is 2.12. The van der Waals surface area contributed by atoms with Crippen LogP contribution in [0.4, 0.5) is 0 Å². The molecule has 1 atom stereocenters. The molecule has 1 aromatic carbocycles. The Morgan fingerprint density at radius 3 is 2.29 bits per heavy atom. The van der Waals surface area contributed by atoms with Gasteiger partial charge in [-0.05, 0) is 24.6 Å². The molecule has 0 fully saturated rings. The fourth-order valence-corrected chi connectivity index (χ4v) is 1.79. The molecule has 0 aromatic heterocycles. The van der Waals surface area contributed by atoms with Crippen molar-refractivity contribution >= 4 is 16.0 Å². The van der Waals surface area contributed by atoms with E-state index >= 15 is 0 Å². The normalized spacial score (nSPS) is 13.1. The minimum atomic E-state index is -3.68. The smallest absolute Gasteiger partial charge is 0.306 e. The molecule has 6 heteroatoms. The highest BCUT2D eigenvalue weighted by atomic mass is 32.2. The Hall–Kier alpha value is -1.40. The van der Waals surface area contributed by atoms with E-state index in [1.165, 1.54) is 12.1 Å². The van der Waals surface area contributed by atoms with Gasteiger partial charge >= 0.3 is 5.97 Å². The average Bonchev–Trinajstić information content (AvgIpc) is 2.27. The summed E-state index contributed by atoms with van der Waals surface area (Å²) in [7, 11) is -3.68. The Balaban J connectivity index is 2.84. The number of hydrogen-bond acceptors (Lipinski definition) is 4. The van der Waals surface area contributed by atoms with Gasteiger partial charge in [0.25, 0.3) is 0 Å². The molecule has 1 aromatic rings. The number of ether oxygens (including phenoxy) is 1. The first kappa shape index (κ1) is 13.7. The molecule has 0 saturated heterocycles. The standard InChI is InChI=1S/C11H15NO4S/c1-3-11(13)16-8(2)9-4-6-10(7-5-9)17(12,14)15/h4-8H,3H2,1-2H3,(H2,12,14,15). The lowest BCUT2D eigenvalue weighted by Gasteiger charge is -2.13. The van der Waals surface area contributed by atoms with Crippen LogP contribution in [0, 0.1) is 0 Å². The molecule has 0 aliphatic carbocycles. The van der Waals surface area contributed by atoms with Crippen LogP contribution in [-0.4, -0.2) is 14.4 Å². The van der Waals surface area contributed by atoms with Crippen LogP contribution < -0.4 is 5.14 Å². The van der Waals surface area contributed by atoms with E-state index in [0.29, 0.717) is 6.42 Å². The molecule has 0 radical (unpaired) electrons. The van der Waals surface area contributed by atoms with Gasteiger partial charge in [-0.2, -0.15) is 0 Å². The number of carbonyl (C=O) groups is 1. The van der Waals surface area contributed by atoms with Gasteiger partial charge in [-0.1, -0.05) is 19.1 Å². The van der Waals surface area contributed by atoms with Gasteiger partial charge in [0.1, 0.15) is 6.10 Å². The first-order valence-corrected chi connectivity index (χ1v) is 6.71. The molecule has 5 nitrogen and oxygen atoms in total. The second kappa shape index (κ2) is 5.29. The van der Waals surface area contributed by atoms with Gasteiger partial charge in [0.15, 0.2) is 0 Å². The van der Waals surface area contributed by atoms with Gasteiger partial charge in [0, 0.05) is 6.42 Å². The number of rotatable bonds is 4. The molecule has 1 unspecified atom stereocenters. The van der Waals surface area contributed by atoms with E-state index in [1.807, 2.05) is 0 Å². The molecular weight excluding hydrogens is 242 g/mol.